The molecule has 1 aliphatic rings. The molecule has 27 heavy (non-hydrogen) atoms. The van der Waals surface area contributed by atoms with Gasteiger partial charge in [-0.05, 0) is 5.41 Å². The zero-order valence-electron chi connectivity index (χ0n) is 16.1. The molecule has 8 nitrogen and oxygen atoms in total. The molecule has 0 saturated heterocycles. The van der Waals surface area contributed by atoms with Crippen LogP contribution in [0.1, 0.15) is 43.6 Å². The van der Waals surface area contributed by atoms with Crippen molar-refractivity contribution in [1.29, 1.82) is 0 Å². The van der Waals surface area contributed by atoms with Gasteiger partial charge in [0.1, 0.15) is 5.56 Å². The fourth-order valence-electron chi connectivity index (χ4n) is 3.31. The van der Waals surface area contributed by atoms with Gasteiger partial charge in [0, 0.05) is 38.5 Å². The van der Waals surface area contributed by atoms with E-state index in [-0.39, 0.29) is 17.0 Å². The molecule has 1 aliphatic heterocycles. The second-order valence-electron chi connectivity index (χ2n) is 7.78. The van der Waals surface area contributed by atoms with Crippen molar-refractivity contribution in [2.75, 3.05) is 20.3 Å². The van der Waals surface area contributed by atoms with Crippen molar-refractivity contribution < 1.29 is 19.4 Å². The Morgan fingerprint density at radius 1 is 1.30 bits per heavy atom. The number of ether oxygens (including phenoxy) is 2. The van der Waals surface area contributed by atoms with Crippen LogP contribution in [0.4, 0.5) is 0 Å². The lowest BCUT2D eigenvalue weighted by atomic mass is 9.85. The third-order valence-electron chi connectivity index (χ3n) is 4.75. The second kappa shape index (κ2) is 7.19. The van der Waals surface area contributed by atoms with Crippen molar-refractivity contribution in [2.45, 2.75) is 39.8 Å². The Hall–Kier alpha value is -2.61. The summed E-state index contributed by atoms with van der Waals surface area (Å²) in [6.07, 6.45) is 2.20. The Labute approximate surface area is 157 Å². The Balaban J connectivity index is 2.04. The molecule has 0 unspecified atom stereocenters. The summed E-state index contributed by atoms with van der Waals surface area (Å²) in [6.45, 7) is 7.90. The molecule has 1 N–H and O–H groups in total. The molecule has 0 spiro atoms. The van der Waals surface area contributed by atoms with Crippen molar-refractivity contribution in [3.63, 3.8) is 0 Å². The van der Waals surface area contributed by atoms with E-state index in [1.54, 1.807) is 13.2 Å². The predicted octanol–water partition coefficient (Wildman–Crippen LogP) is 2.43. The first-order chi connectivity index (χ1) is 12.7. The lowest BCUT2D eigenvalue weighted by Crippen LogP contribution is -2.35. The Kier molecular flexibility index (Phi) is 5.10. The summed E-state index contributed by atoms with van der Waals surface area (Å²) in [6, 6.07) is 3.11. The molecular formula is C19H25N3O5. The van der Waals surface area contributed by atoms with Gasteiger partial charge in [-0.25, -0.2) is 4.79 Å². The largest absolute Gasteiger partial charge is 0.477 e. The van der Waals surface area contributed by atoms with Crippen molar-refractivity contribution in [1.82, 2.24) is 14.3 Å². The molecule has 2 aromatic heterocycles. The summed E-state index contributed by atoms with van der Waals surface area (Å²) in [5.41, 5.74) is 0.486. The van der Waals surface area contributed by atoms with Gasteiger partial charge in [0.25, 0.3) is 0 Å². The monoisotopic (exact) mass is 375 g/mol. The molecule has 2 aromatic rings. The molecule has 0 aliphatic carbocycles. The number of pyridine rings is 1. The number of nitrogens with zero attached hydrogens (tertiary/aromatic N) is 3. The first-order valence-electron chi connectivity index (χ1n) is 8.92. The molecule has 0 bridgehead atoms. The van der Waals surface area contributed by atoms with Gasteiger partial charge in [0.2, 0.25) is 5.88 Å². The molecule has 0 aromatic carbocycles. The SMILES string of the molecule is COCCCOc1cc2n(n1)C[C@@H](C(C)(C)C)n1cc(C(=O)O)c(=O)cc1-2. The number of rotatable bonds is 6. The summed E-state index contributed by atoms with van der Waals surface area (Å²) in [7, 11) is 1.64. The summed E-state index contributed by atoms with van der Waals surface area (Å²) in [5.74, 6) is -0.735. The molecule has 0 radical (unpaired) electrons. The number of carbonyl (C=O) groups is 1. The summed E-state index contributed by atoms with van der Waals surface area (Å²) in [5, 5.41) is 13.9. The van der Waals surface area contributed by atoms with Gasteiger partial charge in [-0.15, -0.1) is 5.10 Å². The van der Waals surface area contributed by atoms with Crippen molar-refractivity contribution >= 4 is 5.97 Å². The zero-order valence-corrected chi connectivity index (χ0v) is 16.1. The number of fused-ring (bicyclic) bond motifs is 3. The van der Waals surface area contributed by atoms with E-state index in [1.807, 2.05) is 9.25 Å². The first-order valence-corrected chi connectivity index (χ1v) is 8.92. The van der Waals surface area contributed by atoms with E-state index in [0.717, 1.165) is 12.1 Å². The van der Waals surface area contributed by atoms with E-state index in [2.05, 4.69) is 25.9 Å². The number of methoxy groups -OCH3 is 1. The highest BCUT2D eigenvalue weighted by Gasteiger charge is 2.34. The molecule has 0 fully saturated rings. The van der Waals surface area contributed by atoms with E-state index < -0.39 is 11.4 Å². The van der Waals surface area contributed by atoms with Crippen molar-refractivity contribution in [3.05, 3.63) is 34.1 Å². The smallest absolute Gasteiger partial charge is 0.341 e. The molecule has 3 heterocycles. The molecular weight excluding hydrogens is 350 g/mol. The van der Waals surface area contributed by atoms with Crippen LogP contribution in [0, 0.1) is 5.41 Å². The topological polar surface area (TPSA) is 95.6 Å². The third-order valence-corrected chi connectivity index (χ3v) is 4.75. The average molecular weight is 375 g/mol. The minimum absolute atomic E-state index is 0.0556. The molecule has 0 amide bonds. The summed E-state index contributed by atoms with van der Waals surface area (Å²) in [4.78, 5) is 23.7. The normalized spacial score (nSPS) is 15.9. The van der Waals surface area contributed by atoms with E-state index in [9.17, 15) is 14.7 Å². The number of carboxylic acid groups (broad SMARTS) is 1. The van der Waals surface area contributed by atoms with Crippen LogP contribution in [0.25, 0.3) is 11.4 Å². The predicted molar refractivity (Wildman–Crippen MR) is 99.4 cm³/mol. The lowest BCUT2D eigenvalue weighted by molar-refractivity contribution is 0.0693. The van der Waals surface area contributed by atoms with Gasteiger partial charge in [-0.3, -0.25) is 9.48 Å². The Bertz CT molecular complexity index is 907. The van der Waals surface area contributed by atoms with Gasteiger partial charge in [-0.2, -0.15) is 0 Å². The minimum atomic E-state index is -1.22. The maximum Gasteiger partial charge on any atom is 0.341 e. The van der Waals surface area contributed by atoms with Crippen LogP contribution in [-0.4, -0.2) is 45.7 Å². The second-order valence-corrected chi connectivity index (χ2v) is 7.78. The van der Waals surface area contributed by atoms with Gasteiger partial charge in [0.15, 0.2) is 5.43 Å². The van der Waals surface area contributed by atoms with Crippen LogP contribution in [0.5, 0.6) is 5.88 Å². The molecule has 146 valence electrons. The Morgan fingerprint density at radius 2 is 2.04 bits per heavy atom. The fraction of sp³-hybridized carbons (Fsp3) is 0.526. The van der Waals surface area contributed by atoms with Crippen molar-refractivity contribution in [2.24, 2.45) is 5.41 Å². The highest BCUT2D eigenvalue weighted by atomic mass is 16.5. The van der Waals surface area contributed by atoms with E-state index in [4.69, 9.17) is 9.47 Å². The zero-order chi connectivity index (χ0) is 19.8. The fourth-order valence-corrected chi connectivity index (χ4v) is 3.31. The number of carboxylic acids is 1. The van der Waals surface area contributed by atoms with E-state index in [1.165, 1.54) is 12.3 Å². The van der Waals surface area contributed by atoms with Crippen LogP contribution < -0.4 is 10.2 Å². The van der Waals surface area contributed by atoms with Gasteiger partial charge in [0.05, 0.1) is 30.6 Å². The van der Waals surface area contributed by atoms with Crippen LogP contribution >= 0.6 is 0 Å². The van der Waals surface area contributed by atoms with Gasteiger partial charge >= 0.3 is 5.97 Å². The third kappa shape index (κ3) is 3.75. The maximum atomic E-state index is 12.3. The highest BCUT2D eigenvalue weighted by Crippen LogP contribution is 2.40. The number of aromatic carboxylic acids is 1. The number of hydrogen-bond acceptors (Lipinski definition) is 5. The quantitative estimate of drug-likeness (QED) is 0.779. The first kappa shape index (κ1) is 19.2. The van der Waals surface area contributed by atoms with E-state index >= 15 is 0 Å². The van der Waals surface area contributed by atoms with E-state index in [0.29, 0.717) is 31.3 Å². The molecule has 3 rings (SSSR count). The number of hydrogen-bond donors (Lipinski definition) is 1. The van der Waals surface area contributed by atoms with Crippen LogP contribution in [0.3, 0.4) is 0 Å². The molecule has 8 heteroatoms. The summed E-state index contributed by atoms with van der Waals surface area (Å²) < 4.78 is 14.4. The number of aromatic nitrogens is 3. The van der Waals surface area contributed by atoms with Gasteiger partial charge in [-0.1, -0.05) is 20.8 Å². The average Bonchev–Trinajstić information content (AvgIpc) is 2.99. The minimum Gasteiger partial charge on any atom is -0.477 e. The van der Waals surface area contributed by atoms with Crippen LogP contribution in [0.15, 0.2) is 23.1 Å². The van der Waals surface area contributed by atoms with Crippen LogP contribution in [0.2, 0.25) is 0 Å². The highest BCUT2D eigenvalue weighted by molar-refractivity contribution is 5.87. The standard InChI is InChI=1S/C19H25N3O5/c1-19(2,3)16-11-22-14(9-17(20-22)27-7-5-6-26-4)13-8-15(23)12(18(24)25)10-21(13)16/h8-10,16H,5-7,11H2,1-4H3,(H,24,25)/t16-/m0/s1. The lowest BCUT2D eigenvalue weighted by Gasteiger charge is -2.38. The maximum absolute atomic E-state index is 12.3. The van der Waals surface area contributed by atoms with Gasteiger partial charge < -0.3 is 19.1 Å². The summed E-state index contributed by atoms with van der Waals surface area (Å²) >= 11 is 0. The molecule has 1 atom stereocenters. The van der Waals surface area contributed by atoms with Crippen LogP contribution in [-0.2, 0) is 11.3 Å². The Morgan fingerprint density at radius 3 is 2.67 bits per heavy atom. The van der Waals surface area contributed by atoms with Crippen molar-refractivity contribution in [3.8, 4) is 17.3 Å². The molecule has 0 saturated carbocycles.